The summed E-state index contributed by atoms with van der Waals surface area (Å²) in [6, 6.07) is 15.7. The van der Waals surface area contributed by atoms with E-state index in [-0.39, 0.29) is 0 Å². The summed E-state index contributed by atoms with van der Waals surface area (Å²) in [5.74, 6) is 1.12. The minimum atomic E-state index is 0.519. The molecule has 3 aromatic rings. The van der Waals surface area contributed by atoms with Crippen molar-refractivity contribution < 1.29 is 4.52 Å². The molecule has 0 amide bonds. The summed E-state index contributed by atoms with van der Waals surface area (Å²) < 4.78 is 5.41. The quantitative estimate of drug-likeness (QED) is 0.707. The van der Waals surface area contributed by atoms with Crippen molar-refractivity contribution in [3.05, 3.63) is 60.1 Å². The Morgan fingerprint density at radius 2 is 1.93 bits per heavy atom. The standard InChI is InChI=1S/C20H20N6O/c21-14-16-6-1-2-8-18(16)26-11-5-10-25(12-13-26)15-19-23-20(24-27-19)17-7-3-4-9-22-17/h1-4,6-9H,5,10-13,15H2. The predicted octanol–water partition coefficient (Wildman–Crippen LogP) is 2.72. The van der Waals surface area contributed by atoms with Gasteiger partial charge in [-0.3, -0.25) is 9.88 Å². The fourth-order valence-corrected chi connectivity index (χ4v) is 3.32. The van der Waals surface area contributed by atoms with E-state index in [0.717, 1.165) is 43.9 Å². The molecule has 0 atom stereocenters. The minimum absolute atomic E-state index is 0.519. The Kier molecular flexibility index (Phi) is 5.08. The number of pyridine rings is 1. The van der Waals surface area contributed by atoms with Gasteiger partial charge < -0.3 is 9.42 Å². The third-order valence-corrected chi connectivity index (χ3v) is 4.67. The Morgan fingerprint density at radius 1 is 1.04 bits per heavy atom. The van der Waals surface area contributed by atoms with E-state index in [0.29, 0.717) is 24.0 Å². The number of rotatable bonds is 4. The lowest BCUT2D eigenvalue weighted by atomic mass is 10.1. The normalized spacial score (nSPS) is 15.3. The smallest absolute Gasteiger partial charge is 0.241 e. The van der Waals surface area contributed by atoms with E-state index in [9.17, 15) is 5.26 Å². The van der Waals surface area contributed by atoms with Crippen LogP contribution in [-0.4, -0.2) is 46.2 Å². The molecule has 1 aliphatic rings. The summed E-state index contributed by atoms with van der Waals surface area (Å²) in [6.07, 6.45) is 2.73. The third-order valence-electron chi connectivity index (χ3n) is 4.67. The molecule has 1 aromatic carbocycles. The molecule has 7 nitrogen and oxygen atoms in total. The first-order chi connectivity index (χ1) is 13.3. The van der Waals surface area contributed by atoms with Gasteiger partial charge in [0.05, 0.1) is 17.8 Å². The van der Waals surface area contributed by atoms with Gasteiger partial charge in [-0.1, -0.05) is 23.4 Å². The molecule has 0 N–H and O–H groups in total. The molecule has 27 heavy (non-hydrogen) atoms. The van der Waals surface area contributed by atoms with Gasteiger partial charge in [-0.05, 0) is 30.7 Å². The topological polar surface area (TPSA) is 82.1 Å². The van der Waals surface area contributed by atoms with E-state index in [1.54, 1.807) is 6.20 Å². The van der Waals surface area contributed by atoms with E-state index >= 15 is 0 Å². The Balaban J connectivity index is 1.41. The van der Waals surface area contributed by atoms with Gasteiger partial charge in [-0.2, -0.15) is 10.2 Å². The van der Waals surface area contributed by atoms with Gasteiger partial charge in [0, 0.05) is 32.4 Å². The summed E-state index contributed by atoms with van der Waals surface area (Å²) in [5, 5.41) is 13.4. The van der Waals surface area contributed by atoms with Crippen molar-refractivity contribution in [2.24, 2.45) is 0 Å². The second-order valence-corrected chi connectivity index (χ2v) is 6.47. The largest absolute Gasteiger partial charge is 0.369 e. The number of anilines is 1. The van der Waals surface area contributed by atoms with E-state index < -0.39 is 0 Å². The van der Waals surface area contributed by atoms with Crippen molar-refractivity contribution in [2.75, 3.05) is 31.1 Å². The van der Waals surface area contributed by atoms with Gasteiger partial charge in [0.15, 0.2) is 0 Å². The highest BCUT2D eigenvalue weighted by molar-refractivity contribution is 5.59. The van der Waals surface area contributed by atoms with Gasteiger partial charge in [0.25, 0.3) is 0 Å². The van der Waals surface area contributed by atoms with E-state index in [1.807, 2.05) is 42.5 Å². The number of hydrogen-bond donors (Lipinski definition) is 0. The summed E-state index contributed by atoms with van der Waals surface area (Å²) in [5.41, 5.74) is 2.45. The fraction of sp³-hybridized carbons (Fsp3) is 0.300. The van der Waals surface area contributed by atoms with Crippen LogP contribution in [-0.2, 0) is 6.54 Å². The predicted molar refractivity (Wildman–Crippen MR) is 101 cm³/mol. The minimum Gasteiger partial charge on any atom is -0.369 e. The highest BCUT2D eigenvalue weighted by Crippen LogP contribution is 2.21. The third kappa shape index (κ3) is 3.96. The first-order valence-corrected chi connectivity index (χ1v) is 9.04. The maximum absolute atomic E-state index is 9.34. The first-order valence-electron chi connectivity index (χ1n) is 9.04. The van der Waals surface area contributed by atoms with Gasteiger partial charge in [-0.15, -0.1) is 0 Å². The molecular weight excluding hydrogens is 340 g/mol. The number of benzene rings is 1. The number of aromatic nitrogens is 3. The van der Waals surface area contributed by atoms with E-state index in [4.69, 9.17) is 4.52 Å². The number of nitriles is 1. The summed E-state index contributed by atoms with van der Waals surface area (Å²) in [7, 11) is 0. The molecule has 3 heterocycles. The van der Waals surface area contributed by atoms with Crippen molar-refractivity contribution in [1.29, 1.82) is 5.26 Å². The molecule has 1 saturated heterocycles. The molecule has 2 aromatic heterocycles. The van der Waals surface area contributed by atoms with E-state index in [2.05, 4.69) is 31.0 Å². The molecule has 1 aliphatic heterocycles. The first kappa shape index (κ1) is 17.2. The Hall–Kier alpha value is -3.24. The molecule has 0 spiro atoms. The van der Waals surface area contributed by atoms with Crippen LogP contribution in [0.5, 0.6) is 0 Å². The molecular formula is C20H20N6O. The number of hydrogen-bond acceptors (Lipinski definition) is 7. The van der Waals surface area contributed by atoms with Crippen LogP contribution in [0.25, 0.3) is 11.5 Å². The summed E-state index contributed by atoms with van der Waals surface area (Å²) >= 11 is 0. The molecule has 0 unspecified atom stereocenters. The lowest BCUT2D eigenvalue weighted by molar-refractivity contribution is 0.239. The molecule has 0 aliphatic carbocycles. The lowest BCUT2D eigenvalue weighted by Gasteiger charge is -2.24. The molecule has 0 saturated carbocycles. The molecule has 4 rings (SSSR count). The summed E-state index contributed by atoms with van der Waals surface area (Å²) in [4.78, 5) is 13.3. The lowest BCUT2D eigenvalue weighted by Crippen LogP contribution is -2.31. The van der Waals surface area contributed by atoms with Crippen LogP contribution in [0.4, 0.5) is 5.69 Å². The highest BCUT2D eigenvalue weighted by atomic mass is 16.5. The molecule has 7 heteroatoms. The Bertz CT molecular complexity index is 933. The SMILES string of the molecule is N#Cc1ccccc1N1CCCN(Cc2nc(-c3ccccn3)no2)CC1. The fourth-order valence-electron chi connectivity index (χ4n) is 3.32. The van der Waals surface area contributed by atoms with Crippen molar-refractivity contribution in [2.45, 2.75) is 13.0 Å². The van der Waals surface area contributed by atoms with Crippen LogP contribution >= 0.6 is 0 Å². The monoisotopic (exact) mass is 360 g/mol. The molecule has 0 bridgehead atoms. The summed E-state index contributed by atoms with van der Waals surface area (Å²) in [6.45, 7) is 4.24. The molecule has 136 valence electrons. The average molecular weight is 360 g/mol. The van der Waals surface area contributed by atoms with E-state index in [1.165, 1.54) is 0 Å². The molecule has 1 fully saturated rings. The maximum atomic E-state index is 9.34. The van der Waals surface area contributed by atoms with Crippen LogP contribution in [0.15, 0.2) is 53.2 Å². The van der Waals surface area contributed by atoms with Gasteiger partial charge in [-0.25, -0.2) is 0 Å². The molecule has 0 radical (unpaired) electrons. The van der Waals surface area contributed by atoms with Gasteiger partial charge in [0.2, 0.25) is 11.7 Å². The van der Waals surface area contributed by atoms with Crippen LogP contribution < -0.4 is 4.90 Å². The van der Waals surface area contributed by atoms with Gasteiger partial charge >= 0.3 is 0 Å². The second-order valence-electron chi connectivity index (χ2n) is 6.47. The van der Waals surface area contributed by atoms with Gasteiger partial charge in [0.1, 0.15) is 11.8 Å². The van der Waals surface area contributed by atoms with Crippen LogP contribution in [0.2, 0.25) is 0 Å². The van der Waals surface area contributed by atoms with Crippen LogP contribution in [0.3, 0.4) is 0 Å². The second kappa shape index (κ2) is 7.98. The zero-order chi connectivity index (χ0) is 18.5. The van der Waals surface area contributed by atoms with Crippen LogP contribution in [0.1, 0.15) is 17.9 Å². The number of para-hydroxylation sites is 1. The zero-order valence-electron chi connectivity index (χ0n) is 15.0. The van der Waals surface area contributed by atoms with Crippen molar-refractivity contribution in [3.63, 3.8) is 0 Å². The average Bonchev–Trinajstić information content (AvgIpc) is 3.07. The number of nitrogens with zero attached hydrogens (tertiary/aromatic N) is 6. The Labute approximate surface area is 157 Å². The van der Waals surface area contributed by atoms with Crippen molar-refractivity contribution in [3.8, 4) is 17.6 Å². The Morgan fingerprint density at radius 3 is 2.78 bits per heavy atom. The maximum Gasteiger partial charge on any atom is 0.241 e. The van der Waals surface area contributed by atoms with Crippen LogP contribution in [0, 0.1) is 11.3 Å². The van der Waals surface area contributed by atoms with Crippen molar-refractivity contribution in [1.82, 2.24) is 20.0 Å². The highest BCUT2D eigenvalue weighted by Gasteiger charge is 2.19. The zero-order valence-corrected chi connectivity index (χ0v) is 15.0. The van der Waals surface area contributed by atoms with Crippen molar-refractivity contribution >= 4 is 5.69 Å².